The lowest BCUT2D eigenvalue weighted by Gasteiger charge is -2.33. The van der Waals surface area contributed by atoms with E-state index in [0.717, 1.165) is 29.7 Å². The number of benzene rings is 2. The Morgan fingerprint density at radius 1 is 1.07 bits per heavy atom. The molecule has 28 heavy (non-hydrogen) atoms. The summed E-state index contributed by atoms with van der Waals surface area (Å²) in [7, 11) is 0. The van der Waals surface area contributed by atoms with Gasteiger partial charge in [0.15, 0.2) is 0 Å². The summed E-state index contributed by atoms with van der Waals surface area (Å²) >= 11 is 0. The molecule has 0 bridgehead atoms. The number of ether oxygens (including phenoxy) is 1. The minimum absolute atomic E-state index is 0.0721. The highest BCUT2D eigenvalue weighted by atomic mass is 16.5. The van der Waals surface area contributed by atoms with Crippen molar-refractivity contribution < 1.29 is 14.6 Å². The smallest absolute Gasteiger partial charge is 0.241 e. The molecule has 4 rings (SSSR count). The highest BCUT2D eigenvalue weighted by Crippen LogP contribution is 2.30. The highest BCUT2D eigenvalue weighted by molar-refractivity contribution is 5.82. The summed E-state index contributed by atoms with van der Waals surface area (Å²) in [5, 5.41) is 10.0. The molecule has 0 spiro atoms. The van der Waals surface area contributed by atoms with Crippen molar-refractivity contribution in [3.8, 4) is 11.5 Å². The molecule has 2 fully saturated rings. The Labute approximate surface area is 165 Å². The van der Waals surface area contributed by atoms with E-state index >= 15 is 0 Å². The van der Waals surface area contributed by atoms with E-state index in [2.05, 4.69) is 10.9 Å². The third kappa shape index (κ3) is 3.98. The summed E-state index contributed by atoms with van der Waals surface area (Å²) in [5.74, 6) is 1.29. The maximum Gasteiger partial charge on any atom is 0.241 e. The Kier molecular flexibility index (Phi) is 5.50. The van der Waals surface area contributed by atoms with Crippen molar-refractivity contribution in [3.05, 3.63) is 59.7 Å². The predicted octanol–water partition coefficient (Wildman–Crippen LogP) is 2.68. The fourth-order valence-electron chi connectivity index (χ4n) is 3.99. The molecule has 2 heterocycles. The first-order valence-corrected chi connectivity index (χ1v) is 9.92. The van der Waals surface area contributed by atoms with Gasteiger partial charge in [-0.3, -0.25) is 4.79 Å². The van der Waals surface area contributed by atoms with E-state index in [1.54, 1.807) is 12.1 Å². The van der Waals surface area contributed by atoms with Crippen molar-refractivity contribution in [2.45, 2.75) is 44.4 Å². The van der Waals surface area contributed by atoms with E-state index in [1.807, 2.05) is 48.2 Å². The number of amides is 1. The number of nitrogens with one attached hydrogen (secondary N) is 2. The maximum absolute atomic E-state index is 12.9. The number of aromatic hydroxyl groups is 1. The summed E-state index contributed by atoms with van der Waals surface area (Å²) in [6, 6.07) is 14.9. The lowest BCUT2D eigenvalue weighted by molar-refractivity contribution is -0.135. The molecule has 2 aromatic carbocycles. The number of carbonyl (C=O) groups is 1. The summed E-state index contributed by atoms with van der Waals surface area (Å²) in [6.07, 6.45) is 2.44. The second-order valence-corrected chi connectivity index (χ2v) is 7.60. The van der Waals surface area contributed by atoms with Crippen LogP contribution in [0.5, 0.6) is 11.5 Å². The van der Waals surface area contributed by atoms with Gasteiger partial charge in [0.1, 0.15) is 23.6 Å². The standard InChI is InChI=1S/C22H27N3O3/c1-15-6-2-5-9-21(15)28-16-10-12-25(13-11-16)22(27)19-14-18(23-24-19)17-7-3-4-8-20(17)26/h2-9,16,18-19,23-24,26H,10-14H2,1H3. The number of phenolic OH excluding ortho intramolecular Hbond substituents is 1. The number of hydrazine groups is 1. The maximum atomic E-state index is 12.9. The Bertz CT molecular complexity index is 833. The zero-order chi connectivity index (χ0) is 19.5. The molecule has 2 aromatic rings. The summed E-state index contributed by atoms with van der Waals surface area (Å²) in [5.41, 5.74) is 8.21. The fourth-order valence-corrected chi connectivity index (χ4v) is 3.99. The Balaban J connectivity index is 1.30. The molecule has 6 nitrogen and oxygen atoms in total. The molecule has 2 saturated heterocycles. The van der Waals surface area contributed by atoms with Gasteiger partial charge in [0.05, 0.1) is 6.04 Å². The molecule has 0 aliphatic carbocycles. The van der Waals surface area contributed by atoms with Gasteiger partial charge in [-0.15, -0.1) is 0 Å². The van der Waals surface area contributed by atoms with E-state index in [1.165, 1.54) is 0 Å². The minimum Gasteiger partial charge on any atom is -0.508 e. The average Bonchev–Trinajstić information content (AvgIpc) is 3.20. The topological polar surface area (TPSA) is 73.8 Å². The first kappa shape index (κ1) is 18.8. The van der Waals surface area contributed by atoms with Crippen LogP contribution in [0.4, 0.5) is 0 Å². The largest absolute Gasteiger partial charge is 0.508 e. The number of carbonyl (C=O) groups excluding carboxylic acids is 1. The van der Waals surface area contributed by atoms with Crippen molar-refractivity contribution >= 4 is 5.91 Å². The van der Waals surface area contributed by atoms with Crippen LogP contribution in [0.2, 0.25) is 0 Å². The van der Waals surface area contributed by atoms with Crippen molar-refractivity contribution in [1.29, 1.82) is 0 Å². The first-order valence-electron chi connectivity index (χ1n) is 9.92. The van der Waals surface area contributed by atoms with E-state index in [4.69, 9.17) is 4.74 Å². The molecular formula is C22H27N3O3. The normalized spacial score (nSPS) is 23.0. The second kappa shape index (κ2) is 8.20. The van der Waals surface area contributed by atoms with Crippen molar-refractivity contribution in [1.82, 2.24) is 15.8 Å². The summed E-state index contributed by atoms with van der Waals surface area (Å²) in [4.78, 5) is 14.8. The number of likely N-dealkylation sites (tertiary alicyclic amines) is 1. The molecule has 3 N–H and O–H groups in total. The van der Waals surface area contributed by atoms with Gasteiger partial charge in [0.2, 0.25) is 5.91 Å². The molecule has 0 aromatic heterocycles. The van der Waals surface area contributed by atoms with E-state index in [9.17, 15) is 9.90 Å². The van der Waals surface area contributed by atoms with Crippen LogP contribution >= 0.6 is 0 Å². The van der Waals surface area contributed by atoms with Gasteiger partial charge in [-0.05, 0) is 31.0 Å². The highest BCUT2D eigenvalue weighted by Gasteiger charge is 2.35. The molecular weight excluding hydrogens is 354 g/mol. The first-order chi connectivity index (χ1) is 13.6. The van der Waals surface area contributed by atoms with Gasteiger partial charge in [0, 0.05) is 31.5 Å². The monoisotopic (exact) mass is 381 g/mol. The lowest BCUT2D eigenvalue weighted by Crippen LogP contribution is -2.49. The van der Waals surface area contributed by atoms with E-state index in [0.29, 0.717) is 19.5 Å². The van der Waals surface area contributed by atoms with E-state index < -0.39 is 0 Å². The second-order valence-electron chi connectivity index (χ2n) is 7.60. The Hall–Kier alpha value is -2.57. The number of piperidine rings is 1. The molecule has 1 amide bonds. The van der Waals surface area contributed by atoms with Crippen LogP contribution in [0.1, 0.15) is 36.4 Å². The number of hydrogen-bond acceptors (Lipinski definition) is 5. The molecule has 2 atom stereocenters. The molecule has 2 unspecified atom stereocenters. The number of para-hydroxylation sites is 2. The van der Waals surface area contributed by atoms with Crippen molar-refractivity contribution in [2.75, 3.05) is 13.1 Å². The van der Waals surface area contributed by atoms with Crippen molar-refractivity contribution in [2.24, 2.45) is 0 Å². The quantitative estimate of drug-likeness (QED) is 0.759. The Morgan fingerprint density at radius 3 is 2.54 bits per heavy atom. The lowest BCUT2D eigenvalue weighted by atomic mass is 9.99. The van der Waals surface area contributed by atoms with Crippen LogP contribution < -0.4 is 15.6 Å². The number of phenols is 1. The van der Waals surface area contributed by atoms with Crippen LogP contribution in [-0.4, -0.2) is 41.1 Å². The fraction of sp³-hybridized carbons (Fsp3) is 0.409. The van der Waals surface area contributed by atoms with Gasteiger partial charge in [-0.2, -0.15) is 0 Å². The molecule has 6 heteroatoms. The zero-order valence-corrected chi connectivity index (χ0v) is 16.1. The van der Waals surface area contributed by atoms with Gasteiger partial charge >= 0.3 is 0 Å². The van der Waals surface area contributed by atoms with Crippen LogP contribution in [-0.2, 0) is 4.79 Å². The number of rotatable bonds is 4. The average molecular weight is 381 g/mol. The third-order valence-corrected chi connectivity index (χ3v) is 5.65. The van der Waals surface area contributed by atoms with E-state index in [-0.39, 0.29) is 29.8 Å². The van der Waals surface area contributed by atoms with Gasteiger partial charge < -0.3 is 14.7 Å². The van der Waals surface area contributed by atoms with Crippen LogP contribution in [0.25, 0.3) is 0 Å². The van der Waals surface area contributed by atoms with Gasteiger partial charge in [-0.1, -0.05) is 36.4 Å². The van der Waals surface area contributed by atoms with Gasteiger partial charge in [-0.25, -0.2) is 10.9 Å². The number of aryl methyl sites for hydroxylation is 1. The van der Waals surface area contributed by atoms with Crippen LogP contribution in [0.3, 0.4) is 0 Å². The number of nitrogens with zero attached hydrogens (tertiary/aromatic N) is 1. The predicted molar refractivity (Wildman–Crippen MR) is 107 cm³/mol. The molecule has 0 radical (unpaired) electrons. The number of hydrogen-bond donors (Lipinski definition) is 3. The van der Waals surface area contributed by atoms with Crippen LogP contribution in [0.15, 0.2) is 48.5 Å². The Morgan fingerprint density at radius 2 is 1.79 bits per heavy atom. The van der Waals surface area contributed by atoms with Crippen LogP contribution in [0, 0.1) is 6.92 Å². The third-order valence-electron chi connectivity index (χ3n) is 5.65. The zero-order valence-electron chi connectivity index (χ0n) is 16.1. The minimum atomic E-state index is -0.279. The summed E-state index contributed by atoms with van der Waals surface area (Å²) in [6.45, 7) is 3.46. The molecule has 2 aliphatic rings. The molecule has 148 valence electrons. The molecule has 2 aliphatic heterocycles. The van der Waals surface area contributed by atoms with Gasteiger partial charge in [0.25, 0.3) is 0 Å². The molecule has 0 saturated carbocycles. The van der Waals surface area contributed by atoms with Crippen molar-refractivity contribution in [3.63, 3.8) is 0 Å². The SMILES string of the molecule is Cc1ccccc1OC1CCN(C(=O)C2CC(c3ccccc3O)NN2)CC1. The summed E-state index contributed by atoms with van der Waals surface area (Å²) < 4.78 is 6.13.